The van der Waals surface area contributed by atoms with Crippen LogP contribution in [0.4, 0.5) is 4.39 Å². The highest BCUT2D eigenvalue weighted by Crippen LogP contribution is 2.21. The van der Waals surface area contributed by atoms with Crippen molar-refractivity contribution < 1.29 is 9.18 Å². The van der Waals surface area contributed by atoms with Crippen molar-refractivity contribution in [2.45, 2.75) is 25.2 Å². The Morgan fingerprint density at radius 1 is 1.50 bits per heavy atom. The summed E-state index contributed by atoms with van der Waals surface area (Å²) in [5, 5.41) is 1.13. The van der Waals surface area contributed by atoms with E-state index < -0.39 is 5.82 Å². The van der Waals surface area contributed by atoms with E-state index in [4.69, 9.17) is 11.6 Å². The second kappa shape index (κ2) is 7.65. The third-order valence-corrected chi connectivity index (χ3v) is 4.57. The highest BCUT2D eigenvalue weighted by Gasteiger charge is 2.15. The Labute approximate surface area is 138 Å². The standard InChI is InChI=1S/C15H17ClFN3OS/c1-3-20-8-7-18-15(20)22-10-14(21)19(2)9-11-12(16)5-4-6-13(11)17/h4-8H,3,9-10H2,1-2H3. The Morgan fingerprint density at radius 3 is 2.95 bits per heavy atom. The summed E-state index contributed by atoms with van der Waals surface area (Å²) in [6, 6.07) is 4.50. The summed E-state index contributed by atoms with van der Waals surface area (Å²) in [4.78, 5) is 17.8. The molecule has 0 unspecified atom stereocenters. The Kier molecular flexibility index (Phi) is 5.85. The maximum Gasteiger partial charge on any atom is 0.233 e. The van der Waals surface area contributed by atoms with Gasteiger partial charge >= 0.3 is 0 Å². The van der Waals surface area contributed by atoms with Crippen LogP contribution in [0, 0.1) is 5.82 Å². The van der Waals surface area contributed by atoms with E-state index in [1.165, 1.54) is 22.7 Å². The first-order valence-electron chi connectivity index (χ1n) is 6.83. The van der Waals surface area contributed by atoms with Gasteiger partial charge in [0.1, 0.15) is 5.82 Å². The van der Waals surface area contributed by atoms with Gasteiger partial charge in [-0.3, -0.25) is 4.79 Å². The van der Waals surface area contributed by atoms with Crippen molar-refractivity contribution in [3.8, 4) is 0 Å². The number of hydrogen-bond donors (Lipinski definition) is 0. The quantitative estimate of drug-likeness (QED) is 0.755. The molecule has 0 aliphatic rings. The minimum Gasteiger partial charge on any atom is -0.341 e. The molecule has 0 fully saturated rings. The van der Waals surface area contributed by atoms with E-state index in [-0.39, 0.29) is 18.2 Å². The molecule has 0 bridgehead atoms. The number of imidazole rings is 1. The number of nitrogens with zero attached hydrogens (tertiary/aromatic N) is 3. The summed E-state index contributed by atoms with van der Waals surface area (Å²) in [6.45, 7) is 2.96. The summed E-state index contributed by atoms with van der Waals surface area (Å²) in [5.41, 5.74) is 0.333. The largest absolute Gasteiger partial charge is 0.341 e. The van der Waals surface area contributed by atoms with Crippen LogP contribution in [0.15, 0.2) is 35.7 Å². The smallest absolute Gasteiger partial charge is 0.233 e. The lowest BCUT2D eigenvalue weighted by Gasteiger charge is -2.18. The molecule has 0 aliphatic carbocycles. The van der Waals surface area contributed by atoms with E-state index in [9.17, 15) is 9.18 Å². The fourth-order valence-electron chi connectivity index (χ4n) is 1.92. The maximum absolute atomic E-state index is 13.7. The Hall–Kier alpha value is -1.53. The zero-order valence-corrected chi connectivity index (χ0v) is 14.0. The molecule has 1 amide bonds. The van der Waals surface area contributed by atoms with Gasteiger partial charge in [0.15, 0.2) is 5.16 Å². The molecule has 1 aromatic carbocycles. The fraction of sp³-hybridized carbons (Fsp3) is 0.333. The molecule has 0 spiro atoms. The van der Waals surface area contributed by atoms with Gasteiger partial charge < -0.3 is 9.47 Å². The average molecular weight is 342 g/mol. The van der Waals surface area contributed by atoms with Crippen molar-refractivity contribution in [1.82, 2.24) is 14.5 Å². The van der Waals surface area contributed by atoms with Gasteiger partial charge in [0.05, 0.1) is 5.75 Å². The number of thioether (sulfide) groups is 1. The van der Waals surface area contributed by atoms with Gasteiger partial charge in [-0.05, 0) is 19.1 Å². The van der Waals surface area contributed by atoms with Gasteiger partial charge in [0, 0.05) is 43.1 Å². The predicted molar refractivity (Wildman–Crippen MR) is 86.5 cm³/mol. The topological polar surface area (TPSA) is 38.1 Å². The number of halogens is 2. The number of amides is 1. The predicted octanol–water partition coefficient (Wildman–Crippen LogP) is 3.45. The minimum absolute atomic E-state index is 0.102. The summed E-state index contributed by atoms with van der Waals surface area (Å²) in [5.74, 6) is -0.254. The molecule has 0 aliphatic heterocycles. The Balaban J connectivity index is 1.95. The lowest BCUT2D eigenvalue weighted by Crippen LogP contribution is -2.28. The molecule has 1 aromatic heterocycles. The Morgan fingerprint density at radius 2 is 2.27 bits per heavy atom. The second-order valence-corrected chi connectivity index (χ2v) is 6.08. The molecule has 4 nitrogen and oxygen atoms in total. The summed E-state index contributed by atoms with van der Waals surface area (Å²) >= 11 is 7.35. The van der Waals surface area contributed by atoms with Gasteiger partial charge in [0.25, 0.3) is 0 Å². The molecule has 7 heteroatoms. The third-order valence-electron chi connectivity index (χ3n) is 3.23. The zero-order chi connectivity index (χ0) is 16.1. The number of rotatable bonds is 6. The number of benzene rings is 1. The van der Waals surface area contributed by atoms with Gasteiger partial charge in [-0.15, -0.1) is 0 Å². The van der Waals surface area contributed by atoms with Crippen molar-refractivity contribution in [3.63, 3.8) is 0 Å². The number of carbonyl (C=O) groups is 1. The summed E-state index contributed by atoms with van der Waals surface area (Å²) in [7, 11) is 1.64. The van der Waals surface area contributed by atoms with Crippen LogP contribution in [0.5, 0.6) is 0 Å². The van der Waals surface area contributed by atoms with Crippen LogP contribution in [0.2, 0.25) is 5.02 Å². The molecular weight excluding hydrogens is 325 g/mol. The average Bonchev–Trinajstić information content (AvgIpc) is 2.96. The van der Waals surface area contributed by atoms with Crippen molar-refractivity contribution in [3.05, 3.63) is 47.0 Å². The number of aromatic nitrogens is 2. The molecule has 118 valence electrons. The van der Waals surface area contributed by atoms with E-state index in [1.807, 2.05) is 17.7 Å². The van der Waals surface area contributed by atoms with Gasteiger partial charge in [-0.25, -0.2) is 9.37 Å². The highest BCUT2D eigenvalue weighted by molar-refractivity contribution is 7.99. The third kappa shape index (κ3) is 4.01. The normalized spacial score (nSPS) is 10.7. The van der Waals surface area contributed by atoms with Gasteiger partial charge in [-0.1, -0.05) is 29.4 Å². The van der Waals surface area contributed by atoms with Crippen LogP contribution < -0.4 is 0 Å². The molecule has 22 heavy (non-hydrogen) atoms. The van der Waals surface area contributed by atoms with Crippen LogP contribution in [0.3, 0.4) is 0 Å². The summed E-state index contributed by atoms with van der Waals surface area (Å²) in [6.07, 6.45) is 3.58. The first kappa shape index (κ1) is 16.8. The van der Waals surface area contributed by atoms with Crippen LogP contribution >= 0.6 is 23.4 Å². The fourth-order valence-corrected chi connectivity index (χ4v) is 3.11. The molecule has 0 atom stereocenters. The van der Waals surface area contributed by atoms with E-state index in [0.29, 0.717) is 10.6 Å². The molecule has 0 radical (unpaired) electrons. The molecule has 0 saturated carbocycles. The minimum atomic E-state index is -0.402. The Bertz CT molecular complexity index is 642. The summed E-state index contributed by atoms with van der Waals surface area (Å²) < 4.78 is 15.7. The lowest BCUT2D eigenvalue weighted by atomic mass is 10.2. The lowest BCUT2D eigenvalue weighted by molar-refractivity contribution is -0.127. The molecule has 1 heterocycles. The molecule has 0 saturated heterocycles. The van der Waals surface area contributed by atoms with E-state index in [0.717, 1.165) is 11.7 Å². The molecule has 2 rings (SSSR count). The van der Waals surface area contributed by atoms with Crippen molar-refractivity contribution in [2.24, 2.45) is 0 Å². The maximum atomic E-state index is 13.7. The highest BCUT2D eigenvalue weighted by atomic mass is 35.5. The van der Waals surface area contributed by atoms with Crippen molar-refractivity contribution in [2.75, 3.05) is 12.8 Å². The van der Waals surface area contributed by atoms with Crippen LogP contribution in [-0.2, 0) is 17.9 Å². The number of aryl methyl sites for hydroxylation is 1. The number of hydrogen-bond acceptors (Lipinski definition) is 3. The van der Waals surface area contributed by atoms with E-state index in [1.54, 1.807) is 25.4 Å². The SMILES string of the molecule is CCn1ccnc1SCC(=O)N(C)Cc1c(F)cccc1Cl. The first-order chi connectivity index (χ1) is 10.5. The monoisotopic (exact) mass is 341 g/mol. The molecular formula is C15H17ClFN3OS. The van der Waals surface area contributed by atoms with Crippen LogP contribution in [0.1, 0.15) is 12.5 Å². The van der Waals surface area contributed by atoms with E-state index in [2.05, 4.69) is 4.98 Å². The van der Waals surface area contributed by atoms with Crippen molar-refractivity contribution >= 4 is 29.3 Å². The number of carbonyl (C=O) groups excluding carboxylic acids is 1. The van der Waals surface area contributed by atoms with Crippen LogP contribution in [0.25, 0.3) is 0 Å². The van der Waals surface area contributed by atoms with Gasteiger partial charge in [0.2, 0.25) is 5.91 Å². The van der Waals surface area contributed by atoms with Crippen LogP contribution in [-0.4, -0.2) is 33.2 Å². The second-order valence-electron chi connectivity index (χ2n) is 4.73. The first-order valence-corrected chi connectivity index (χ1v) is 8.20. The molecule has 0 N–H and O–H groups in total. The van der Waals surface area contributed by atoms with Gasteiger partial charge in [-0.2, -0.15) is 0 Å². The van der Waals surface area contributed by atoms with Crippen molar-refractivity contribution in [1.29, 1.82) is 0 Å². The zero-order valence-electron chi connectivity index (χ0n) is 12.4. The molecule has 2 aromatic rings. The van der Waals surface area contributed by atoms with E-state index >= 15 is 0 Å².